The first-order valence-electron chi connectivity index (χ1n) is 4.85. The molecule has 6 heteroatoms. The van der Waals surface area contributed by atoms with Crippen LogP contribution in [0.15, 0.2) is 18.2 Å². The van der Waals surface area contributed by atoms with Crippen molar-refractivity contribution in [2.24, 2.45) is 0 Å². The van der Waals surface area contributed by atoms with E-state index in [1.807, 2.05) is 0 Å². The molecule has 0 amide bonds. The minimum atomic E-state index is -0.719. The van der Waals surface area contributed by atoms with E-state index in [0.717, 1.165) is 0 Å². The number of phenols is 1. The number of hydrogen-bond acceptors (Lipinski definition) is 5. The van der Waals surface area contributed by atoms with E-state index >= 15 is 0 Å². The summed E-state index contributed by atoms with van der Waals surface area (Å²) in [6.07, 6.45) is 0. The summed E-state index contributed by atoms with van der Waals surface area (Å²) >= 11 is 5.26. The van der Waals surface area contributed by atoms with Gasteiger partial charge in [-0.05, 0) is 25.1 Å². The highest BCUT2D eigenvalue weighted by atomic mass is 35.5. The number of halogens is 1. The zero-order chi connectivity index (χ0) is 12.8. The summed E-state index contributed by atoms with van der Waals surface area (Å²) in [7, 11) is 0. The van der Waals surface area contributed by atoms with Gasteiger partial charge >= 0.3 is 11.9 Å². The number of benzene rings is 1. The Labute approximate surface area is 103 Å². The van der Waals surface area contributed by atoms with Crippen LogP contribution >= 0.6 is 11.6 Å². The number of phenolic OH excluding ortho intramolecular Hbond substituents is 1. The van der Waals surface area contributed by atoms with Crippen molar-refractivity contribution in [3.8, 4) is 11.5 Å². The second-order valence-electron chi connectivity index (χ2n) is 3.01. The van der Waals surface area contributed by atoms with Crippen molar-refractivity contribution in [2.75, 3.05) is 12.5 Å². The van der Waals surface area contributed by atoms with E-state index in [9.17, 15) is 14.7 Å². The molecule has 1 rings (SSSR count). The molecule has 5 nitrogen and oxygen atoms in total. The normalized spacial score (nSPS) is 9.76. The van der Waals surface area contributed by atoms with Gasteiger partial charge in [0.05, 0.1) is 12.2 Å². The van der Waals surface area contributed by atoms with Gasteiger partial charge in [-0.15, -0.1) is 11.6 Å². The number of carbonyl (C=O) groups excluding carboxylic acids is 2. The van der Waals surface area contributed by atoms with Crippen molar-refractivity contribution in [1.29, 1.82) is 0 Å². The SMILES string of the molecule is CCOC(=O)c1ccc(O)c(OC(=O)CCl)c1. The van der Waals surface area contributed by atoms with Crippen LogP contribution < -0.4 is 4.74 Å². The molecule has 92 valence electrons. The third-order valence-corrected chi connectivity index (χ3v) is 2.02. The molecule has 1 aromatic rings. The van der Waals surface area contributed by atoms with Gasteiger partial charge in [0.15, 0.2) is 11.5 Å². The summed E-state index contributed by atoms with van der Waals surface area (Å²) in [4.78, 5) is 22.4. The Morgan fingerprint density at radius 2 is 2.12 bits per heavy atom. The monoisotopic (exact) mass is 258 g/mol. The lowest BCUT2D eigenvalue weighted by atomic mass is 10.2. The second kappa shape index (κ2) is 6.10. The van der Waals surface area contributed by atoms with Gasteiger partial charge in [0.25, 0.3) is 0 Å². The summed E-state index contributed by atoms with van der Waals surface area (Å²) < 4.78 is 9.50. The number of aromatic hydroxyl groups is 1. The fraction of sp³-hybridized carbons (Fsp3) is 0.273. The zero-order valence-corrected chi connectivity index (χ0v) is 9.86. The van der Waals surface area contributed by atoms with E-state index in [2.05, 4.69) is 0 Å². The molecule has 0 atom stereocenters. The molecule has 0 aromatic heterocycles. The molecule has 0 saturated heterocycles. The van der Waals surface area contributed by atoms with Gasteiger partial charge in [0, 0.05) is 0 Å². The van der Waals surface area contributed by atoms with Crippen LogP contribution in [0.25, 0.3) is 0 Å². The fourth-order valence-electron chi connectivity index (χ4n) is 1.09. The maximum absolute atomic E-state index is 11.4. The molecule has 17 heavy (non-hydrogen) atoms. The van der Waals surface area contributed by atoms with Crippen molar-refractivity contribution in [3.05, 3.63) is 23.8 Å². The number of rotatable bonds is 4. The van der Waals surface area contributed by atoms with Gasteiger partial charge in [-0.25, -0.2) is 4.79 Å². The summed E-state index contributed by atoms with van der Waals surface area (Å²) in [6.45, 7) is 1.91. The van der Waals surface area contributed by atoms with E-state index in [0.29, 0.717) is 0 Å². The van der Waals surface area contributed by atoms with Crippen LogP contribution in [-0.4, -0.2) is 29.5 Å². The molecule has 0 aliphatic rings. The van der Waals surface area contributed by atoms with Crippen LogP contribution in [0, 0.1) is 0 Å². The third-order valence-electron chi connectivity index (χ3n) is 1.80. The van der Waals surface area contributed by atoms with E-state index < -0.39 is 11.9 Å². The Morgan fingerprint density at radius 3 is 2.71 bits per heavy atom. The molecule has 0 fully saturated rings. The van der Waals surface area contributed by atoms with Crippen molar-refractivity contribution < 1.29 is 24.2 Å². The van der Waals surface area contributed by atoms with Crippen LogP contribution in [-0.2, 0) is 9.53 Å². The summed E-state index contributed by atoms with van der Waals surface area (Å²) in [5.74, 6) is -2.00. The molecule has 1 aromatic carbocycles. The van der Waals surface area contributed by atoms with Crippen molar-refractivity contribution >= 4 is 23.5 Å². The van der Waals surface area contributed by atoms with E-state index in [1.165, 1.54) is 18.2 Å². The summed E-state index contributed by atoms with van der Waals surface area (Å²) in [5.41, 5.74) is 0.182. The van der Waals surface area contributed by atoms with Gasteiger partial charge in [-0.1, -0.05) is 0 Å². The van der Waals surface area contributed by atoms with E-state index in [-0.39, 0.29) is 29.5 Å². The largest absolute Gasteiger partial charge is 0.504 e. The maximum atomic E-state index is 11.4. The Balaban J connectivity index is 2.93. The smallest absolute Gasteiger partial charge is 0.338 e. The first kappa shape index (κ1) is 13.3. The van der Waals surface area contributed by atoms with Crippen molar-refractivity contribution in [3.63, 3.8) is 0 Å². The lowest BCUT2D eigenvalue weighted by Crippen LogP contribution is -2.10. The van der Waals surface area contributed by atoms with Crippen molar-refractivity contribution in [2.45, 2.75) is 6.92 Å². The fourth-order valence-corrected chi connectivity index (χ4v) is 1.14. The quantitative estimate of drug-likeness (QED) is 0.506. The molecule has 0 heterocycles. The van der Waals surface area contributed by atoms with Crippen LogP contribution in [0.3, 0.4) is 0 Å². The van der Waals surface area contributed by atoms with Gasteiger partial charge in [0.2, 0.25) is 0 Å². The highest BCUT2D eigenvalue weighted by Crippen LogP contribution is 2.27. The average Bonchev–Trinajstić information content (AvgIpc) is 2.32. The van der Waals surface area contributed by atoms with Gasteiger partial charge in [0.1, 0.15) is 5.88 Å². The standard InChI is InChI=1S/C11H11ClO5/c1-2-16-11(15)7-3-4-8(13)9(5-7)17-10(14)6-12/h3-5,13H,2,6H2,1H3. The average molecular weight is 259 g/mol. The van der Waals surface area contributed by atoms with Gasteiger partial charge < -0.3 is 14.6 Å². The predicted molar refractivity (Wildman–Crippen MR) is 60.4 cm³/mol. The lowest BCUT2D eigenvalue weighted by molar-refractivity contribution is -0.131. The Bertz CT molecular complexity index is 430. The zero-order valence-electron chi connectivity index (χ0n) is 9.10. The molecule has 0 saturated carbocycles. The van der Waals surface area contributed by atoms with Crippen LogP contribution in [0.4, 0.5) is 0 Å². The molecule has 1 N–H and O–H groups in total. The Hall–Kier alpha value is -1.75. The first-order chi connectivity index (χ1) is 8.08. The number of hydrogen-bond donors (Lipinski definition) is 1. The van der Waals surface area contributed by atoms with Gasteiger partial charge in [-0.3, -0.25) is 4.79 Å². The van der Waals surface area contributed by atoms with E-state index in [1.54, 1.807) is 6.92 Å². The first-order valence-corrected chi connectivity index (χ1v) is 5.38. The molecule has 0 bridgehead atoms. The molecular formula is C11H11ClO5. The van der Waals surface area contributed by atoms with Crippen LogP contribution in [0.2, 0.25) is 0 Å². The number of alkyl halides is 1. The Kier molecular flexibility index (Phi) is 4.78. The molecule has 0 spiro atoms. The minimum Gasteiger partial charge on any atom is -0.504 e. The number of carbonyl (C=O) groups is 2. The lowest BCUT2D eigenvalue weighted by Gasteiger charge is -2.07. The van der Waals surface area contributed by atoms with Crippen LogP contribution in [0.1, 0.15) is 17.3 Å². The second-order valence-corrected chi connectivity index (χ2v) is 3.28. The predicted octanol–water partition coefficient (Wildman–Crippen LogP) is 1.71. The number of ether oxygens (including phenoxy) is 2. The van der Waals surface area contributed by atoms with E-state index in [4.69, 9.17) is 21.1 Å². The summed E-state index contributed by atoms with van der Waals surface area (Å²) in [6, 6.07) is 3.83. The minimum absolute atomic E-state index is 0.124. The van der Waals surface area contributed by atoms with Gasteiger partial charge in [-0.2, -0.15) is 0 Å². The highest BCUT2D eigenvalue weighted by molar-refractivity contribution is 6.26. The molecule has 0 aliphatic carbocycles. The third kappa shape index (κ3) is 3.64. The number of esters is 2. The summed E-state index contributed by atoms with van der Waals surface area (Å²) in [5, 5.41) is 9.42. The molecule has 0 unspecified atom stereocenters. The molecule has 0 aliphatic heterocycles. The van der Waals surface area contributed by atoms with Crippen LogP contribution in [0.5, 0.6) is 11.5 Å². The Morgan fingerprint density at radius 1 is 1.41 bits per heavy atom. The van der Waals surface area contributed by atoms with Crippen molar-refractivity contribution in [1.82, 2.24) is 0 Å². The maximum Gasteiger partial charge on any atom is 0.338 e. The molecular weight excluding hydrogens is 248 g/mol. The molecule has 0 radical (unpaired) electrons. The highest BCUT2D eigenvalue weighted by Gasteiger charge is 2.13. The topological polar surface area (TPSA) is 72.8 Å².